The van der Waals surface area contributed by atoms with Crippen LogP contribution in [0.3, 0.4) is 0 Å². The molecule has 0 radical (unpaired) electrons. The minimum absolute atomic E-state index is 0.158. The number of benzene rings is 2. The van der Waals surface area contributed by atoms with Crippen LogP contribution in [0.5, 0.6) is 17.2 Å². The molecule has 1 unspecified atom stereocenters. The van der Waals surface area contributed by atoms with Gasteiger partial charge in [-0.05, 0) is 35.9 Å². The largest absolute Gasteiger partial charge is 0.493 e. The maximum Gasteiger partial charge on any atom is 0.226 e. The lowest BCUT2D eigenvalue weighted by molar-refractivity contribution is -0.116. The number of halogens is 1. The molecule has 3 aromatic rings. The van der Waals surface area contributed by atoms with Crippen LogP contribution >= 0.6 is 0 Å². The summed E-state index contributed by atoms with van der Waals surface area (Å²) in [7, 11) is 4.62. The fraction of sp³-hybridized carbons (Fsp3) is 0.238. The first-order valence-corrected chi connectivity index (χ1v) is 8.99. The minimum atomic E-state index is -0.380. The summed E-state index contributed by atoms with van der Waals surface area (Å²) in [5.74, 6) is 1.21. The summed E-state index contributed by atoms with van der Waals surface area (Å²) in [6.07, 6.45) is 1.92. The number of hydrogen-bond acceptors (Lipinski definition) is 5. The van der Waals surface area contributed by atoms with Gasteiger partial charge in [0, 0.05) is 17.9 Å². The average molecular weight is 397 g/mol. The molecule has 1 N–H and O–H groups in total. The number of hydrogen-bond donors (Lipinski definition) is 1. The van der Waals surface area contributed by atoms with Gasteiger partial charge in [-0.3, -0.25) is 4.79 Å². The molecule has 0 spiro atoms. The summed E-state index contributed by atoms with van der Waals surface area (Å²) in [6.45, 7) is 0. The molecule has 1 aliphatic heterocycles. The number of carbonyl (C=O) groups is 1. The van der Waals surface area contributed by atoms with Gasteiger partial charge in [0.1, 0.15) is 11.6 Å². The van der Waals surface area contributed by atoms with Crippen LogP contribution in [0.15, 0.2) is 42.6 Å². The number of nitrogens with one attached hydrogen (secondary N) is 1. The van der Waals surface area contributed by atoms with Crippen molar-refractivity contribution in [2.45, 2.75) is 12.3 Å². The first-order valence-electron chi connectivity index (χ1n) is 8.99. The van der Waals surface area contributed by atoms with Crippen molar-refractivity contribution >= 4 is 11.7 Å². The van der Waals surface area contributed by atoms with Gasteiger partial charge < -0.3 is 19.5 Å². The molecule has 0 fully saturated rings. The van der Waals surface area contributed by atoms with Crippen LogP contribution in [-0.4, -0.2) is 37.0 Å². The number of fused-ring (bicyclic) bond motifs is 1. The van der Waals surface area contributed by atoms with E-state index >= 15 is 0 Å². The Bertz CT molecular complexity index is 1050. The van der Waals surface area contributed by atoms with E-state index in [2.05, 4.69) is 10.4 Å². The van der Waals surface area contributed by atoms with E-state index in [1.807, 2.05) is 12.1 Å². The molecule has 0 saturated carbocycles. The molecule has 0 aliphatic carbocycles. The zero-order valence-electron chi connectivity index (χ0n) is 16.2. The molecule has 0 saturated heterocycles. The number of methoxy groups -OCH3 is 3. The molecule has 150 valence electrons. The van der Waals surface area contributed by atoms with E-state index in [0.717, 1.165) is 11.1 Å². The van der Waals surface area contributed by atoms with Crippen LogP contribution in [0.1, 0.15) is 23.5 Å². The predicted molar refractivity (Wildman–Crippen MR) is 105 cm³/mol. The van der Waals surface area contributed by atoms with E-state index in [9.17, 15) is 9.18 Å². The zero-order chi connectivity index (χ0) is 20.5. The lowest BCUT2D eigenvalue weighted by Gasteiger charge is -2.25. The monoisotopic (exact) mass is 397 g/mol. The highest BCUT2D eigenvalue weighted by atomic mass is 19.1. The maximum atomic E-state index is 13.7. The molecule has 1 aliphatic rings. The molecule has 1 atom stereocenters. The SMILES string of the molecule is COc1cc(C2CC(=O)Nc3c2cnn3-c2cccc(F)c2)cc(OC)c1OC. The van der Waals surface area contributed by atoms with Gasteiger partial charge in [0.2, 0.25) is 11.7 Å². The standard InChI is InChI=1S/C21H20FN3O4/c1-27-17-7-12(8-18(28-2)20(17)29-3)15-10-19(26)24-21-16(15)11-23-25(21)14-6-4-5-13(22)9-14/h4-9,11,15H,10H2,1-3H3,(H,24,26). The minimum Gasteiger partial charge on any atom is -0.493 e. The fourth-order valence-electron chi connectivity index (χ4n) is 3.62. The van der Waals surface area contributed by atoms with Crippen LogP contribution in [0.25, 0.3) is 5.69 Å². The lowest BCUT2D eigenvalue weighted by atomic mass is 9.87. The van der Waals surface area contributed by atoms with Gasteiger partial charge in [-0.1, -0.05) is 6.07 Å². The predicted octanol–water partition coefficient (Wildman–Crippen LogP) is 3.51. The first-order chi connectivity index (χ1) is 14.0. The van der Waals surface area contributed by atoms with Crippen molar-refractivity contribution in [2.24, 2.45) is 0 Å². The Labute approximate surface area is 167 Å². The summed E-state index contributed by atoms with van der Waals surface area (Å²) in [4.78, 5) is 12.5. The molecule has 0 bridgehead atoms. The third kappa shape index (κ3) is 3.26. The van der Waals surface area contributed by atoms with Gasteiger partial charge in [0.05, 0.1) is 33.2 Å². The van der Waals surface area contributed by atoms with Crippen molar-refractivity contribution in [3.63, 3.8) is 0 Å². The normalized spacial score (nSPS) is 15.4. The second kappa shape index (κ2) is 7.46. The van der Waals surface area contributed by atoms with Gasteiger partial charge >= 0.3 is 0 Å². The van der Waals surface area contributed by atoms with Crippen LogP contribution in [0.4, 0.5) is 10.2 Å². The Hall–Kier alpha value is -3.55. The second-order valence-corrected chi connectivity index (χ2v) is 6.60. The van der Waals surface area contributed by atoms with Gasteiger partial charge in [-0.2, -0.15) is 5.10 Å². The van der Waals surface area contributed by atoms with E-state index in [0.29, 0.717) is 28.8 Å². The highest BCUT2D eigenvalue weighted by molar-refractivity contribution is 5.94. The molecule has 1 aromatic heterocycles. The number of ether oxygens (including phenoxy) is 3. The third-order valence-corrected chi connectivity index (χ3v) is 4.96. The average Bonchev–Trinajstić information content (AvgIpc) is 3.15. The maximum absolute atomic E-state index is 13.7. The zero-order valence-corrected chi connectivity index (χ0v) is 16.2. The van der Waals surface area contributed by atoms with Gasteiger partial charge in [-0.25, -0.2) is 9.07 Å². The number of anilines is 1. The highest BCUT2D eigenvalue weighted by Crippen LogP contribution is 2.44. The summed E-state index contributed by atoms with van der Waals surface area (Å²) in [5, 5.41) is 7.24. The Balaban J connectivity index is 1.84. The Morgan fingerprint density at radius 1 is 1.10 bits per heavy atom. The smallest absolute Gasteiger partial charge is 0.226 e. The number of aromatic nitrogens is 2. The quantitative estimate of drug-likeness (QED) is 0.713. The van der Waals surface area contributed by atoms with Crippen LogP contribution in [0.2, 0.25) is 0 Å². The van der Waals surface area contributed by atoms with E-state index in [1.54, 1.807) is 32.5 Å². The summed E-state index contributed by atoms with van der Waals surface area (Å²) in [5.41, 5.74) is 2.18. The second-order valence-electron chi connectivity index (χ2n) is 6.60. The summed E-state index contributed by atoms with van der Waals surface area (Å²) < 4.78 is 31.5. The lowest BCUT2D eigenvalue weighted by Crippen LogP contribution is -2.24. The molecule has 2 aromatic carbocycles. The number of rotatable bonds is 5. The van der Waals surface area contributed by atoms with Crippen molar-refractivity contribution < 1.29 is 23.4 Å². The molecule has 2 heterocycles. The van der Waals surface area contributed by atoms with E-state index in [4.69, 9.17) is 14.2 Å². The topological polar surface area (TPSA) is 74.6 Å². The van der Waals surface area contributed by atoms with Crippen LogP contribution < -0.4 is 19.5 Å². The van der Waals surface area contributed by atoms with Crippen LogP contribution in [0, 0.1) is 5.82 Å². The summed E-state index contributed by atoms with van der Waals surface area (Å²) >= 11 is 0. The number of nitrogens with zero attached hydrogens (tertiary/aromatic N) is 2. The van der Waals surface area contributed by atoms with Crippen molar-refractivity contribution in [1.82, 2.24) is 9.78 Å². The summed E-state index contributed by atoms with van der Waals surface area (Å²) in [6, 6.07) is 9.70. The molecule has 1 amide bonds. The van der Waals surface area contributed by atoms with Crippen molar-refractivity contribution in [2.75, 3.05) is 26.6 Å². The van der Waals surface area contributed by atoms with Gasteiger partial charge in [-0.15, -0.1) is 0 Å². The molecule has 29 heavy (non-hydrogen) atoms. The first kappa shape index (κ1) is 18.8. The molecular weight excluding hydrogens is 377 g/mol. The molecular formula is C21H20FN3O4. The number of amides is 1. The van der Waals surface area contributed by atoms with E-state index in [-0.39, 0.29) is 24.1 Å². The van der Waals surface area contributed by atoms with Gasteiger partial charge in [0.25, 0.3) is 0 Å². The van der Waals surface area contributed by atoms with E-state index < -0.39 is 0 Å². The van der Waals surface area contributed by atoms with Crippen LogP contribution in [-0.2, 0) is 4.79 Å². The fourth-order valence-corrected chi connectivity index (χ4v) is 3.62. The number of carbonyl (C=O) groups excluding carboxylic acids is 1. The van der Waals surface area contributed by atoms with E-state index in [1.165, 1.54) is 23.9 Å². The molecule has 4 rings (SSSR count). The third-order valence-electron chi connectivity index (χ3n) is 4.96. The Morgan fingerprint density at radius 2 is 1.83 bits per heavy atom. The molecule has 7 nitrogen and oxygen atoms in total. The molecule has 8 heteroatoms. The van der Waals surface area contributed by atoms with Crippen molar-refractivity contribution in [1.29, 1.82) is 0 Å². The van der Waals surface area contributed by atoms with Crippen molar-refractivity contribution in [3.05, 3.63) is 59.5 Å². The van der Waals surface area contributed by atoms with Crippen molar-refractivity contribution in [3.8, 4) is 22.9 Å². The highest BCUT2D eigenvalue weighted by Gasteiger charge is 2.32. The Morgan fingerprint density at radius 3 is 2.45 bits per heavy atom. The Kier molecular flexibility index (Phi) is 4.84. The van der Waals surface area contributed by atoms with Gasteiger partial charge in [0.15, 0.2) is 11.5 Å².